The summed E-state index contributed by atoms with van der Waals surface area (Å²) in [6.45, 7) is 6.04. The highest BCUT2D eigenvalue weighted by molar-refractivity contribution is 6.63. The lowest BCUT2D eigenvalue weighted by molar-refractivity contribution is -0.344. The van der Waals surface area contributed by atoms with E-state index in [1.54, 1.807) is 0 Å². The van der Waals surface area contributed by atoms with Crippen LogP contribution in [0.1, 0.15) is 72.6 Å². The average Bonchev–Trinajstić information content (AvgIpc) is 2.50. The molecular weight excluding hydrogens is 351 g/mol. The van der Waals surface area contributed by atoms with Gasteiger partial charge in [0.1, 0.15) is 0 Å². The van der Waals surface area contributed by atoms with E-state index in [4.69, 9.17) is 13.3 Å². The largest absolute Gasteiger partial charge is 0.571 e. The van der Waals surface area contributed by atoms with Gasteiger partial charge >= 0.3 is 8.80 Å². The van der Waals surface area contributed by atoms with E-state index in [1.165, 1.54) is 13.8 Å². The molecule has 7 nitrogen and oxygen atoms in total. The van der Waals surface area contributed by atoms with Crippen molar-refractivity contribution in [2.24, 2.45) is 0 Å². The fourth-order valence-electron chi connectivity index (χ4n) is 2.56. The molecule has 0 heterocycles. The van der Waals surface area contributed by atoms with Gasteiger partial charge in [0.15, 0.2) is 6.36 Å². The summed E-state index contributed by atoms with van der Waals surface area (Å²) in [6, 6.07) is 0. The minimum atomic E-state index is -4.57. The van der Waals surface area contributed by atoms with Crippen LogP contribution in [0.25, 0.3) is 0 Å². The van der Waals surface area contributed by atoms with Crippen molar-refractivity contribution in [1.29, 1.82) is 0 Å². The monoisotopic (exact) mass is 386 g/mol. The van der Waals surface area contributed by atoms with Crippen LogP contribution in [0, 0.1) is 0 Å². The first-order valence-electron chi connectivity index (χ1n) is 9.09. The highest BCUT2D eigenvalue weighted by atomic mass is 28.4. The van der Waals surface area contributed by atoms with E-state index >= 15 is 0 Å². The lowest BCUT2D eigenvalue weighted by atomic mass is 10.0. The molecule has 25 heavy (non-hydrogen) atoms. The van der Waals surface area contributed by atoms with Crippen LogP contribution in [0.4, 0.5) is 4.39 Å². The van der Waals surface area contributed by atoms with Crippen LogP contribution in [0.15, 0.2) is 0 Å². The van der Waals surface area contributed by atoms with Crippen molar-refractivity contribution < 1.29 is 38.1 Å². The van der Waals surface area contributed by atoms with Crippen LogP contribution in [0.3, 0.4) is 0 Å². The van der Waals surface area contributed by atoms with Gasteiger partial charge in [-0.15, -0.1) is 0 Å². The Bertz CT molecular complexity index is 347. The lowest BCUT2D eigenvalue weighted by Gasteiger charge is -2.44. The van der Waals surface area contributed by atoms with Gasteiger partial charge in [-0.1, -0.05) is 39.0 Å². The van der Waals surface area contributed by atoms with Gasteiger partial charge in [-0.2, -0.15) is 0 Å². The number of unbranched alkanes of at least 4 members (excludes halogenated alkanes) is 5. The number of hydrogen-bond donors (Lipinski definition) is 4. The minimum absolute atomic E-state index is 0.0745. The van der Waals surface area contributed by atoms with Gasteiger partial charge in [0.05, 0.1) is 0 Å². The molecule has 0 radical (unpaired) electrons. The second-order valence-corrected chi connectivity index (χ2v) is 8.71. The summed E-state index contributed by atoms with van der Waals surface area (Å²) in [7, 11) is -4.57. The van der Waals surface area contributed by atoms with E-state index in [9.17, 15) is 24.8 Å². The van der Waals surface area contributed by atoms with Crippen molar-refractivity contribution in [2.75, 3.05) is 13.2 Å². The lowest BCUT2D eigenvalue weighted by Crippen LogP contribution is -2.75. The van der Waals surface area contributed by atoms with Crippen molar-refractivity contribution in [3.63, 3.8) is 0 Å². The highest BCUT2D eigenvalue weighted by Gasteiger charge is 2.71. The third kappa shape index (κ3) is 7.18. The second-order valence-electron chi connectivity index (χ2n) is 6.09. The van der Waals surface area contributed by atoms with Crippen LogP contribution in [0.2, 0.25) is 0 Å². The number of halogens is 1. The zero-order valence-corrected chi connectivity index (χ0v) is 16.8. The third-order valence-corrected chi connectivity index (χ3v) is 7.08. The highest BCUT2D eigenvalue weighted by Crippen LogP contribution is 2.35. The molecule has 0 saturated heterocycles. The summed E-state index contributed by atoms with van der Waals surface area (Å²) >= 11 is 0. The fourth-order valence-corrected chi connectivity index (χ4v) is 5.15. The minimum Gasteiger partial charge on any atom is -0.370 e. The molecule has 4 N–H and O–H groups in total. The Morgan fingerprint density at radius 2 is 1.36 bits per heavy atom. The predicted molar refractivity (Wildman–Crippen MR) is 93.0 cm³/mol. The molecule has 1 atom stereocenters. The topological polar surface area (TPSA) is 109 Å². The molecule has 0 aromatic rings. The van der Waals surface area contributed by atoms with Crippen molar-refractivity contribution in [2.45, 2.75) is 90.2 Å². The molecule has 0 aromatic heterocycles. The van der Waals surface area contributed by atoms with Crippen LogP contribution in [-0.4, -0.2) is 60.0 Å². The maximum Gasteiger partial charge on any atom is 0.571 e. The summed E-state index contributed by atoms with van der Waals surface area (Å²) in [4.78, 5) is 0. The Hall–Kier alpha value is -0.133. The smallest absolute Gasteiger partial charge is 0.370 e. The molecule has 0 bridgehead atoms. The first-order valence-corrected chi connectivity index (χ1v) is 10.8. The molecule has 0 fully saturated rings. The molecule has 0 rings (SSSR count). The van der Waals surface area contributed by atoms with Gasteiger partial charge < -0.3 is 33.7 Å². The number of hydrogen-bond acceptors (Lipinski definition) is 7. The first kappa shape index (κ1) is 24.9. The molecule has 0 amide bonds. The van der Waals surface area contributed by atoms with E-state index in [0.29, 0.717) is 12.8 Å². The molecule has 0 aliphatic heterocycles. The maximum absolute atomic E-state index is 13.5. The van der Waals surface area contributed by atoms with Gasteiger partial charge in [0.2, 0.25) is 5.79 Å². The Kier molecular flexibility index (Phi) is 11.5. The van der Waals surface area contributed by atoms with Gasteiger partial charge in [0, 0.05) is 19.6 Å². The van der Waals surface area contributed by atoms with Gasteiger partial charge in [-0.05, 0) is 27.2 Å². The Balaban J connectivity index is 5.16. The van der Waals surface area contributed by atoms with Gasteiger partial charge in [0.25, 0.3) is 5.41 Å². The second kappa shape index (κ2) is 11.6. The fraction of sp³-hybridized carbons (Fsp3) is 1.00. The molecule has 9 heteroatoms. The normalized spacial score (nSPS) is 14.8. The third-order valence-electron chi connectivity index (χ3n) is 3.85. The summed E-state index contributed by atoms with van der Waals surface area (Å²) in [6.07, 6.45) is 2.92. The maximum atomic E-state index is 13.5. The molecule has 0 spiro atoms. The standard InChI is InChI=1S/C16H35FO7Si/c1-5-8-9-10-11-12-13-15(18,19)16(20,21)25(22-6-2,23-7-3)24-14(4)17/h14,18-21H,5-13H2,1-4H3. The molecule has 152 valence electrons. The quantitative estimate of drug-likeness (QED) is 0.194. The Morgan fingerprint density at radius 3 is 1.80 bits per heavy atom. The SMILES string of the molecule is CCCCCCCCC(O)(O)C(O)(O)[Si](OCC)(OCC)OC(C)F. The van der Waals surface area contributed by atoms with Crippen LogP contribution in [-0.2, 0) is 13.3 Å². The Labute approximate surface area is 151 Å². The summed E-state index contributed by atoms with van der Waals surface area (Å²) in [5.41, 5.74) is -3.27. The van der Waals surface area contributed by atoms with Crippen LogP contribution in [0.5, 0.6) is 0 Å². The van der Waals surface area contributed by atoms with Crippen molar-refractivity contribution >= 4 is 8.80 Å². The number of aliphatic hydroxyl groups is 4. The van der Waals surface area contributed by atoms with Crippen molar-refractivity contribution in [1.82, 2.24) is 0 Å². The zero-order chi connectivity index (χ0) is 19.6. The first-order chi connectivity index (χ1) is 11.6. The average molecular weight is 387 g/mol. The van der Waals surface area contributed by atoms with Gasteiger partial charge in [-0.25, -0.2) is 4.39 Å². The van der Waals surface area contributed by atoms with E-state index in [0.717, 1.165) is 32.6 Å². The van der Waals surface area contributed by atoms with Crippen molar-refractivity contribution in [3.8, 4) is 0 Å². The molecule has 0 aromatic carbocycles. The van der Waals surface area contributed by atoms with E-state index in [2.05, 4.69) is 6.92 Å². The molecule has 0 aliphatic carbocycles. The number of alkyl halides is 1. The zero-order valence-electron chi connectivity index (χ0n) is 15.8. The van der Waals surface area contributed by atoms with E-state index in [-0.39, 0.29) is 19.6 Å². The van der Waals surface area contributed by atoms with Crippen molar-refractivity contribution in [3.05, 3.63) is 0 Å². The van der Waals surface area contributed by atoms with Crippen LogP contribution < -0.4 is 0 Å². The molecule has 0 aliphatic rings. The molecular formula is C16H35FO7Si. The summed E-state index contributed by atoms with van der Waals surface area (Å²) in [5.74, 6) is -2.96. The number of rotatable bonds is 15. The Morgan fingerprint density at radius 1 is 0.880 bits per heavy atom. The van der Waals surface area contributed by atoms with Crippen LogP contribution >= 0.6 is 0 Å². The summed E-state index contributed by atoms with van der Waals surface area (Å²) < 4.78 is 28.8. The van der Waals surface area contributed by atoms with E-state index < -0.39 is 26.4 Å². The summed E-state index contributed by atoms with van der Waals surface area (Å²) in [5, 5.41) is 41.5. The predicted octanol–water partition coefficient (Wildman–Crippen LogP) is 1.98. The molecule has 1 unspecified atom stereocenters. The van der Waals surface area contributed by atoms with E-state index in [1.807, 2.05) is 0 Å². The van der Waals surface area contributed by atoms with Gasteiger partial charge in [-0.3, -0.25) is 0 Å². The molecule has 0 saturated carbocycles.